The highest BCUT2D eigenvalue weighted by atomic mass is 16.5. The van der Waals surface area contributed by atoms with Crippen molar-refractivity contribution in [1.29, 1.82) is 0 Å². The first-order valence-corrected chi connectivity index (χ1v) is 9.44. The molecule has 0 saturated heterocycles. The highest BCUT2D eigenvalue weighted by Gasteiger charge is 2.16. The van der Waals surface area contributed by atoms with Gasteiger partial charge in [0.25, 0.3) is 0 Å². The molecule has 28 heavy (non-hydrogen) atoms. The standard InChI is InChI=1S/C20H32N4O4/c1-7-21-20(23(4)14-18(25)24(8-2)9-3)22-13-15-10-11-17(27-5)16(12-15)19(26)28-6/h10-12H,7-9,13-14H2,1-6H3,(H,21,22). The van der Waals surface area contributed by atoms with E-state index in [4.69, 9.17) is 9.47 Å². The molecule has 0 aromatic heterocycles. The molecular formula is C20H32N4O4. The summed E-state index contributed by atoms with van der Waals surface area (Å²) in [5, 5.41) is 3.19. The fourth-order valence-corrected chi connectivity index (χ4v) is 2.71. The van der Waals surface area contributed by atoms with E-state index >= 15 is 0 Å². The van der Waals surface area contributed by atoms with Crippen LogP contribution in [-0.4, -0.2) is 75.1 Å². The summed E-state index contributed by atoms with van der Waals surface area (Å²) in [7, 11) is 4.67. The van der Waals surface area contributed by atoms with Gasteiger partial charge in [0.05, 0.1) is 27.3 Å². The lowest BCUT2D eigenvalue weighted by Crippen LogP contribution is -2.45. The highest BCUT2D eigenvalue weighted by Crippen LogP contribution is 2.21. The zero-order valence-corrected chi connectivity index (χ0v) is 17.7. The van der Waals surface area contributed by atoms with Crippen molar-refractivity contribution in [2.45, 2.75) is 27.3 Å². The van der Waals surface area contributed by atoms with Crippen LogP contribution in [0.4, 0.5) is 0 Å². The van der Waals surface area contributed by atoms with Crippen LogP contribution in [0, 0.1) is 0 Å². The molecule has 1 aromatic rings. The maximum atomic E-state index is 12.4. The molecule has 1 aromatic carbocycles. The summed E-state index contributed by atoms with van der Waals surface area (Å²) in [5.41, 5.74) is 1.19. The molecule has 0 spiro atoms. The summed E-state index contributed by atoms with van der Waals surface area (Å²) in [6.07, 6.45) is 0. The first kappa shape index (κ1) is 23.3. The number of aliphatic imine (C=N–C) groups is 1. The molecule has 1 amide bonds. The van der Waals surface area contributed by atoms with Gasteiger partial charge >= 0.3 is 5.97 Å². The van der Waals surface area contributed by atoms with Crippen molar-refractivity contribution in [2.75, 3.05) is 47.4 Å². The molecule has 156 valence electrons. The first-order valence-electron chi connectivity index (χ1n) is 9.44. The quantitative estimate of drug-likeness (QED) is 0.392. The van der Waals surface area contributed by atoms with Crippen molar-refractivity contribution >= 4 is 17.8 Å². The number of likely N-dealkylation sites (N-methyl/N-ethyl adjacent to an activating group) is 2. The van der Waals surface area contributed by atoms with E-state index in [9.17, 15) is 9.59 Å². The fraction of sp³-hybridized carbons (Fsp3) is 0.550. The summed E-state index contributed by atoms with van der Waals surface area (Å²) in [5.74, 6) is 0.666. The molecule has 0 fully saturated rings. The van der Waals surface area contributed by atoms with E-state index in [-0.39, 0.29) is 12.5 Å². The van der Waals surface area contributed by atoms with Gasteiger partial charge in [-0.1, -0.05) is 6.07 Å². The number of hydrogen-bond acceptors (Lipinski definition) is 5. The molecule has 0 radical (unpaired) electrons. The van der Waals surface area contributed by atoms with Crippen molar-refractivity contribution in [3.8, 4) is 5.75 Å². The lowest BCUT2D eigenvalue weighted by atomic mass is 10.1. The van der Waals surface area contributed by atoms with Gasteiger partial charge in [-0.15, -0.1) is 0 Å². The van der Waals surface area contributed by atoms with Crippen LogP contribution in [0.1, 0.15) is 36.7 Å². The number of nitrogens with zero attached hydrogens (tertiary/aromatic N) is 3. The Bertz CT molecular complexity index is 687. The Labute approximate surface area is 167 Å². The topological polar surface area (TPSA) is 83.5 Å². The summed E-state index contributed by atoms with van der Waals surface area (Å²) in [6, 6.07) is 5.27. The second kappa shape index (κ2) is 11.8. The lowest BCUT2D eigenvalue weighted by Gasteiger charge is -2.25. The number of rotatable bonds is 9. The first-order chi connectivity index (χ1) is 13.4. The average molecular weight is 393 g/mol. The molecular weight excluding hydrogens is 360 g/mol. The Morgan fingerprint density at radius 1 is 1.14 bits per heavy atom. The van der Waals surface area contributed by atoms with E-state index in [0.717, 1.165) is 5.56 Å². The van der Waals surface area contributed by atoms with Gasteiger partial charge in [-0.2, -0.15) is 0 Å². The summed E-state index contributed by atoms with van der Waals surface area (Å²) < 4.78 is 10.0. The molecule has 0 unspecified atom stereocenters. The number of carbonyl (C=O) groups excluding carboxylic acids is 2. The molecule has 0 bridgehead atoms. The Balaban J connectivity index is 2.97. The van der Waals surface area contributed by atoms with Crippen LogP contribution in [0.2, 0.25) is 0 Å². The number of esters is 1. The van der Waals surface area contributed by atoms with Crippen molar-refractivity contribution in [3.05, 3.63) is 29.3 Å². The molecule has 0 aliphatic heterocycles. The van der Waals surface area contributed by atoms with Crippen LogP contribution >= 0.6 is 0 Å². The largest absolute Gasteiger partial charge is 0.496 e. The van der Waals surface area contributed by atoms with Crippen LogP contribution in [0.25, 0.3) is 0 Å². The number of ether oxygens (including phenoxy) is 2. The van der Waals surface area contributed by atoms with E-state index < -0.39 is 5.97 Å². The fourth-order valence-electron chi connectivity index (χ4n) is 2.71. The van der Waals surface area contributed by atoms with Gasteiger partial charge in [-0.25, -0.2) is 9.79 Å². The predicted molar refractivity (Wildman–Crippen MR) is 110 cm³/mol. The van der Waals surface area contributed by atoms with Gasteiger partial charge in [0.2, 0.25) is 5.91 Å². The lowest BCUT2D eigenvalue weighted by molar-refractivity contribution is -0.131. The molecule has 0 aliphatic rings. The van der Waals surface area contributed by atoms with Gasteiger partial charge < -0.3 is 24.6 Å². The average Bonchev–Trinajstić information content (AvgIpc) is 2.70. The Hall–Kier alpha value is -2.77. The molecule has 8 heteroatoms. The van der Waals surface area contributed by atoms with Crippen molar-refractivity contribution < 1.29 is 19.1 Å². The van der Waals surface area contributed by atoms with Crippen molar-refractivity contribution in [3.63, 3.8) is 0 Å². The molecule has 0 atom stereocenters. The van der Waals surface area contributed by atoms with Gasteiger partial charge in [0.1, 0.15) is 11.3 Å². The number of nitrogens with one attached hydrogen (secondary N) is 1. The second-order valence-corrected chi connectivity index (χ2v) is 6.12. The van der Waals surface area contributed by atoms with E-state index in [1.165, 1.54) is 14.2 Å². The summed E-state index contributed by atoms with van der Waals surface area (Å²) in [6.45, 7) is 8.52. The normalized spacial score (nSPS) is 11.0. The third-order valence-electron chi connectivity index (χ3n) is 4.27. The SMILES string of the molecule is CCNC(=NCc1ccc(OC)c(C(=O)OC)c1)N(C)CC(=O)N(CC)CC. The Morgan fingerprint density at radius 2 is 1.82 bits per heavy atom. The van der Waals surface area contributed by atoms with E-state index in [2.05, 4.69) is 10.3 Å². The maximum absolute atomic E-state index is 12.4. The van der Waals surface area contributed by atoms with Gasteiger partial charge in [0.15, 0.2) is 5.96 Å². The number of guanidine groups is 1. The minimum absolute atomic E-state index is 0.0514. The van der Waals surface area contributed by atoms with E-state index in [1.54, 1.807) is 21.9 Å². The molecule has 1 rings (SSSR count). The Morgan fingerprint density at radius 3 is 2.36 bits per heavy atom. The van der Waals surface area contributed by atoms with E-state index in [1.807, 2.05) is 33.9 Å². The predicted octanol–water partition coefficient (Wildman–Crippen LogP) is 1.75. The number of hydrogen-bond donors (Lipinski definition) is 1. The third-order valence-corrected chi connectivity index (χ3v) is 4.27. The molecule has 0 aliphatic carbocycles. The van der Waals surface area contributed by atoms with Gasteiger partial charge in [0, 0.05) is 26.7 Å². The van der Waals surface area contributed by atoms with E-state index in [0.29, 0.717) is 43.5 Å². The van der Waals surface area contributed by atoms with Crippen molar-refractivity contribution in [2.24, 2.45) is 4.99 Å². The van der Waals surface area contributed by atoms with Gasteiger partial charge in [-0.05, 0) is 38.5 Å². The zero-order valence-electron chi connectivity index (χ0n) is 17.7. The van der Waals surface area contributed by atoms with Crippen LogP contribution in [-0.2, 0) is 16.1 Å². The number of methoxy groups -OCH3 is 2. The zero-order chi connectivity index (χ0) is 21.1. The highest BCUT2D eigenvalue weighted by molar-refractivity contribution is 5.92. The number of benzene rings is 1. The maximum Gasteiger partial charge on any atom is 0.341 e. The smallest absolute Gasteiger partial charge is 0.341 e. The molecule has 0 saturated carbocycles. The third kappa shape index (κ3) is 6.44. The van der Waals surface area contributed by atoms with Crippen LogP contribution in [0.3, 0.4) is 0 Å². The van der Waals surface area contributed by atoms with Crippen molar-refractivity contribution in [1.82, 2.24) is 15.1 Å². The molecule has 1 N–H and O–H groups in total. The van der Waals surface area contributed by atoms with Crippen LogP contribution in [0.5, 0.6) is 5.75 Å². The molecule has 8 nitrogen and oxygen atoms in total. The van der Waals surface area contributed by atoms with Gasteiger partial charge in [-0.3, -0.25) is 4.79 Å². The van der Waals surface area contributed by atoms with Crippen LogP contribution in [0.15, 0.2) is 23.2 Å². The molecule has 0 heterocycles. The summed E-state index contributed by atoms with van der Waals surface area (Å²) in [4.78, 5) is 32.5. The minimum atomic E-state index is -0.462. The Kier molecular flexibility index (Phi) is 9.84. The minimum Gasteiger partial charge on any atom is -0.496 e. The van der Waals surface area contributed by atoms with Crippen LogP contribution < -0.4 is 10.1 Å². The summed E-state index contributed by atoms with van der Waals surface area (Å²) >= 11 is 0. The number of amides is 1. The second-order valence-electron chi connectivity index (χ2n) is 6.12. The number of carbonyl (C=O) groups is 2. The monoisotopic (exact) mass is 392 g/mol.